The molecule has 1 aliphatic heterocycles. The maximum absolute atomic E-state index is 12.7. The summed E-state index contributed by atoms with van der Waals surface area (Å²) < 4.78 is 0. The molecule has 1 aliphatic rings. The van der Waals surface area contributed by atoms with E-state index in [0.717, 1.165) is 19.4 Å². The predicted octanol–water partition coefficient (Wildman–Crippen LogP) is 2.45. The van der Waals surface area contributed by atoms with Crippen LogP contribution in [0.15, 0.2) is 30.3 Å². The van der Waals surface area contributed by atoms with Crippen molar-refractivity contribution < 1.29 is 4.79 Å². The van der Waals surface area contributed by atoms with Crippen LogP contribution in [0.2, 0.25) is 0 Å². The fraction of sp³-hybridized carbons (Fsp3) is 0.588. The fourth-order valence-electron chi connectivity index (χ4n) is 3.05. The predicted molar refractivity (Wildman–Crippen MR) is 82.3 cm³/mol. The van der Waals surface area contributed by atoms with Crippen molar-refractivity contribution >= 4 is 5.91 Å². The largest absolute Gasteiger partial charge is 0.339 e. The van der Waals surface area contributed by atoms with Crippen LogP contribution in [0.25, 0.3) is 0 Å². The number of nitrogens with two attached hydrogens (primary N) is 1. The van der Waals surface area contributed by atoms with Gasteiger partial charge in [0, 0.05) is 19.1 Å². The molecule has 1 saturated heterocycles. The lowest BCUT2D eigenvalue weighted by atomic mass is 9.89. The van der Waals surface area contributed by atoms with Crippen molar-refractivity contribution in [1.82, 2.24) is 4.90 Å². The van der Waals surface area contributed by atoms with Crippen LogP contribution in [0.3, 0.4) is 0 Å². The maximum Gasteiger partial charge on any atom is 0.227 e. The second-order valence-electron chi connectivity index (χ2n) is 6.01. The molecule has 20 heavy (non-hydrogen) atoms. The van der Waals surface area contributed by atoms with E-state index in [0.29, 0.717) is 18.5 Å². The highest BCUT2D eigenvalue weighted by molar-refractivity contribution is 5.79. The number of benzene rings is 1. The monoisotopic (exact) mass is 274 g/mol. The summed E-state index contributed by atoms with van der Waals surface area (Å²) in [6.45, 7) is 5.71. The Morgan fingerprint density at radius 1 is 1.35 bits per heavy atom. The van der Waals surface area contributed by atoms with Crippen LogP contribution in [0.4, 0.5) is 0 Å². The number of likely N-dealkylation sites (tertiary alicyclic amines) is 1. The summed E-state index contributed by atoms with van der Waals surface area (Å²) in [5.74, 6) is 0.725. The van der Waals surface area contributed by atoms with Crippen LogP contribution in [-0.2, 0) is 11.2 Å². The van der Waals surface area contributed by atoms with Crippen LogP contribution >= 0.6 is 0 Å². The smallest absolute Gasteiger partial charge is 0.227 e. The van der Waals surface area contributed by atoms with Crippen LogP contribution in [-0.4, -0.2) is 29.9 Å². The van der Waals surface area contributed by atoms with E-state index < -0.39 is 0 Å². The second kappa shape index (κ2) is 6.89. The average Bonchev–Trinajstić information content (AvgIpc) is 2.48. The van der Waals surface area contributed by atoms with Crippen molar-refractivity contribution in [2.75, 3.05) is 13.1 Å². The van der Waals surface area contributed by atoms with E-state index in [2.05, 4.69) is 30.9 Å². The van der Waals surface area contributed by atoms with Crippen molar-refractivity contribution in [2.24, 2.45) is 17.6 Å². The van der Waals surface area contributed by atoms with Crippen LogP contribution in [0, 0.1) is 11.8 Å². The molecule has 1 amide bonds. The quantitative estimate of drug-likeness (QED) is 0.916. The number of nitrogens with zero attached hydrogens (tertiary/aromatic N) is 1. The van der Waals surface area contributed by atoms with E-state index in [1.54, 1.807) is 0 Å². The molecule has 0 aliphatic carbocycles. The molecule has 0 bridgehead atoms. The number of hydrogen-bond donors (Lipinski definition) is 1. The SMILES string of the molecule is CC1CCCN(C(=O)C(CN)Cc2ccccc2)C1C. The molecule has 3 unspecified atom stereocenters. The van der Waals surface area contributed by atoms with Gasteiger partial charge in [-0.05, 0) is 37.7 Å². The minimum Gasteiger partial charge on any atom is -0.339 e. The Labute approximate surface area is 122 Å². The molecule has 0 aromatic heterocycles. The molecule has 0 saturated carbocycles. The van der Waals surface area contributed by atoms with Crippen LogP contribution in [0.1, 0.15) is 32.3 Å². The topological polar surface area (TPSA) is 46.3 Å². The molecule has 1 aromatic rings. The molecule has 0 radical (unpaired) electrons. The Morgan fingerprint density at radius 2 is 2.05 bits per heavy atom. The molecule has 2 rings (SSSR count). The molecule has 3 nitrogen and oxygen atoms in total. The van der Waals surface area contributed by atoms with Crippen molar-refractivity contribution in [3.8, 4) is 0 Å². The van der Waals surface area contributed by atoms with Crippen molar-refractivity contribution in [3.05, 3.63) is 35.9 Å². The van der Waals surface area contributed by atoms with Gasteiger partial charge in [0.25, 0.3) is 0 Å². The van der Waals surface area contributed by atoms with Crippen molar-refractivity contribution in [3.63, 3.8) is 0 Å². The van der Waals surface area contributed by atoms with Crippen LogP contribution < -0.4 is 5.73 Å². The normalized spacial score (nSPS) is 24.4. The third-order valence-electron chi connectivity index (χ3n) is 4.62. The van der Waals surface area contributed by atoms with Gasteiger partial charge in [-0.25, -0.2) is 0 Å². The van der Waals surface area contributed by atoms with Gasteiger partial charge in [0.05, 0.1) is 5.92 Å². The Balaban J connectivity index is 2.05. The number of amides is 1. The van der Waals surface area contributed by atoms with E-state index in [1.165, 1.54) is 12.0 Å². The maximum atomic E-state index is 12.7. The summed E-state index contributed by atoms with van der Waals surface area (Å²) in [5.41, 5.74) is 7.05. The Hall–Kier alpha value is -1.35. The van der Waals surface area contributed by atoms with Gasteiger partial charge >= 0.3 is 0 Å². The van der Waals surface area contributed by atoms with E-state index in [-0.39, 0.29) is 11.8 Å². The zero-order valence-corrected chi connectivity index (χ0v) is 12.6. The van der Waals surface area contributed by atoms with Gasteiger partial charge in [0.15, 0.2) is 0 Å². The van der Waals surface area contributed by atoms with Gasteiger partial charge in [-0.1, -0.05) is 37.3 Å². The van der Waals surface area contributed by atoms with Gasteiger partial charge in [0.2, 0.25) is 5.91 Å². The summed E-state index contributed by atoms with van der Waals surface area (Å²) in [5, 5.41) is 0. The average molecular weight is 274 g/mol. The summed E-state index contributed by atoms with van der Waals surface area (Å²) in [6, 6.07) is 10.5. The molecule has 1 fully saturated rings. The van der Waals surface area contributed by atoms with E-state index in [9.17, 15) is 4.79 Å². The number of carbonyl (C=O) groups excluding carboxylic acids is 1. The van der Waals surface area contributed by atoms with Gasteiger partial charge in [-0.15, -0.1) is 0 Å². The molecular weight excluding hydrogens is 248 g/mol. The number of piperidine rings is 1. The van der Waals surface area contributed by atoms with Crippen molar-refractivity contribution in [1.29, 1.82) is 0 Å². The molecule has 1 aromatic carbocycles. The van der Waals surface area contributed by atoms with Gasteiger partial charge in [0.1, 0.15) is 0 Å². The lowest BCUT2D eigenvalue weighted by Gasteiger charge is -2.39. The lowest BCUT2D eigenvalue weighted by Crippen LogP contribution is -2.50. The molecule has 110 valence electrons. The van der Waals surface area contributed by atoms with Crippen LogP contribution in [0.5, 0.6) is 0 Å². The zero-order valence-electron chi connectivity index (χ0n) is 12.6. The first-order valence-corrected chi connectivity index (χ1v) is 7.68. The Bertz CT molecular complexity index is 432. The minimum absolute atomic E-state index is 0.0925. The first-order valence-electron chi connectivity index (χ1n) is 7.68. The highest BCUT2D eigenvalue weighted by atomic mass is 16.2. The van der Waals surface area contributed by atoms with E-state index in [1.807, 2.05) is 18.2 Å². The number of hydrogen-bond acceptors (Lipinski definition) is 2. The molecule has 3 atom stereocenters. The molecular formula is C17H26N2O. The van der Waals surface area contributed by atoms with Gasteiger partial charge in [-0.2, -0.15) is 0 Å². The zero-order chi connectivity index (χ0) is 14.5. The Morgan fingerprint density at radius 3 is 2.70 bits per heavy atom. The highest BCUT2D eigenvalue weighted by Crippen LogP contribution is 2.25. The third-order valence-corrected chi connectivity index (χ3v) is 4.62. The second-order valence-corrected chi connectivity index (χ2v) is 6.01. The number of rotatable bonds is 4. The van der Waals surface area contributed by atoms with Crippen molar-refractivity contribution in [2.45, 2.75) is 39.2 Å². The van der Waals surface area contributed by atoms with Gasteiger partial charge in [-0.3, -0.25) is 4.79 Å². The third kappa shape index (κ3) is 3.40. The Kier molecular flexibility index (Phi) is 5.18. The first-order chi connectivity index (χ1) is 9.63. The molecule has 3 heteroatoms. The molecule has 0 spiro atoms. The summed E-state index contributed by atoms with van der Waals surface area (Å²) in [4.78, 5) is 14.8. The highest BCUT2D eigenvalue weighted by Gasteiger charge is 2.31. The van der Waals surface area contributed by atoms with E-state index in [4.69, 9.17) is 5.73 Å². The summed E-state index contributed by atoms with van der Waals surface area (Å²) in [6.07, 6.45) is 3.07. The molecule has 1 heterocycles. The first kappa shape index (κ1) is 15.0. The minimum atomic E-state index is -0.0925. The van der Waals surface area contributed by atoms with Gasteiger partial charge < -0.3 is 10.6 Å². The fourth-order valence-corrected chi connectivity index (χ4v) is 3.05. The lowest BCUT2D eigenvalue weighted by molar-refractivity contribution is -0.139. The summed E-state index contributed by atoms with van der Waals surface area (Å²) >= 11 is 0. The molecule has 2 N–H and O–H groups in total. The summed E-state index contributed by atoms with van der Waals surface area (Å²) in [7, 11) is 0. The standard InChI is InChI=1S/C17H26N2O/c1-13-7-6-10-19(14(13)2)17(20)16(12-18)11-15-8-4-3-5-9-15/h3-5,8-9,13-14,16H,6-7,10-12,18H2,1-2H3. The van der Waals surface area contributed by atoms with E-state index >= 15 is 0 Å². The number of carbonyl (C=O) groups is 1.